The van der Waals surface area contributed by atoms with Crippen LogP contribution in [0.25, 0.3) is 11.1 Å². The molecule has 7 aromatic carbocycles. The van der Waals surface area contributed by atoms with E-state index in [0.29, 0.717) is 0 Å². The smallest absolute Gasteiger partial charge is 0.0623 e. The Morgan fingerprint density at radius 3 is 1.16 bits per heavy atom. The Labute approximate surface area is 261 Å². The van der Waals surface area contributed by atoms with Gasteiger partial charge in [-0.2, -0.15) is 0 Å². The number of rotatable bonds is 6. The molecule has 0 bridgehead atoms. The van der Waals surface area contributed by atoms with Crippen molar-refractivity contribution in [3.8, 4) is 11.1 Å². The van der Waals surface area contributed by atoms with E-state index in [1.165, 1.54) is 54.1 Å². The summed E-state index contributed by atoms with van der Waals surface area (Å²) < 4.78 is 0. The van der Waals surface area contributed by atoms with Crippen molar-refractivity contribution < 1.29 is 0 Å². The van der Waals surface area contributed by atoms with Crippen molar-refractivity contribution in [3.63, 3.8) is 0 Å². The molecule has 0 fully saturated rings. The Kier molecular flexibility index (Phi) is 6.47. The maximum atomic E-state index is 2.58. The maximum Gasteiger partial charge on any atom is 0.179 e. The van der Waals surface area contributed by atoms with Crippen LogP contribution < -0.4 is 20.7 Å². The molecule has 0 aliphatic heterocycles. The Balaban J connectivity index is 1.52. The quantitative estimate of drug-likeness (QED) is 0.143. The van der Waals surface area contributed by atoms with Crippen LogP contribution in [0.1, 0.15) is 22.3 Å². The Morgan fingerprint density at radius 2 is 0.682 bits per heavy atom. The number of hydrogen-bond donors (Lipinski definition) is 0. The molecule has 0 saturated heterocycles. The Bertz CT molecular complexity index is 1900. The van der Waals surface area contributed by atoms with E-state index in [-0.39, 0.29) is 0 Å². The fraction of sp³-hybridized carbons (Fsp3) is 0.0233. The summed E-state index contributed by atoms with van der Waals surface area (Å²) in [6.07, 6.45) is 0. The van der Waals surface area contributed by atoms with Gasteiger partial charge in [0, 0.05) is 0 Å². The monoisotopic (exact) mass is 576 g/mol. The average Bonchev–Trinajstić information content (AvgIpc) is 3.41. The molecule has 1 heteroatoms. The summed E-state index contributed by atoms with van der Waals surface area (Å²) in [6, 6.07) is 72.3. The lowest BCUT2D eigenvalue weighted by atomic mass is 9.68. The standard InChI is InChI=1S/C43H32Si/c1-6-18-33(19-7-1)43(34-20-8-2-9-21-34)41-29-17-16-28-39(41)40-31-30-38(32-42(40)43)44(35-22-10-3-11-23-35,36-24-12-4-13-25-36)37-26-14-5-15-27-37/h1-32H. The third-order valence-electron chi connectivity index (χ3n) is 9.51. The highest BCUT2D eigenvalue weighted by atomic mass is 28.3. The van der Waals surface area contributed by atoms with Gasteiger partial charge in [-0.25, -0.2) is 0 Å². The summed E-state index contributed by atoms with van der Waals surface area (Å²) in [5.74, 6) is 0. The lowest BCUT2D eigenvalue weighted by molar-refractivity contribution is 0.769. The molecule has 8 rings (SSSR count). The minimum atomic E-state index is -2.71. The number of benzene rings is 7. The van der Waals surface area contributed by atoms with Gasteiger partial charge in [-0.1, -0.05) is 194 Å². The van der Waals surface area contributed by atoms with Gasteiger partial charge in [0.25, 0.3) is 0 Å². The zero-order valence-corrected chi connectivity index (χ0v) is 25.5. The van der Waals surface area contributed by atoms with Gasteiger partial charge in [-0.05, 0) is 54.1 Å². The third kappa shape index (κ3) is 3.83. The van der Waals surface area contributed by atoms with Crippen LogP contribution in [0.2, 0.25) is 0 Å². The highest BCUT2D eigenvalue weighted by Gasteiger charge is 2.48. The van der Waals surface area contributed by atoms with E-state index in [4.69, 9.17) is 0 Å². The number of fused-ring (bicyclic) bond motifs is 3. The predicted molar refractivity (Wildman–Crippen MR) is 187 cm³/mol. The highest BCUT2D eigenvalue weighted by Crippen LogP contribution is 2.55. The molecule has 0 saturated carbocycles. The van der Waals surface area contributed by atoms with Gasteiger partial charge in [-0.3, -0.25) is 0 Å². The topological polar surface area (TPSA) is 0 Å². The summed E-state index contributed by atoms with van der Waals surface area (Å²) in [5.41, 5.74) is 7.47. The van der Waals surface area contributed by atoms with E-state index in [2.05, 4.69) is 194 Å². The minimum absolute atomic E-state index is 0.436. The molecular weight excluding hydrogens is 545 g/mol. The Morgan fingerprint density at radius 1 is 0.295 bits per heavy atom. The summed E-state index contributed by atoms with van der Waals surface area (Å²) in [7, 11) is -2.71. The molecule has 44 heavy (non-hydrogen) atoms. The molecule has 0 radical (unpaired) electrons. The fourth-order valence-corrected chi connectivity index (χ4v) is 12.5. The first-order valence-corrected chi connectivity index (χ1v) is 17.4. The van der Waals surface area contributed by atoms with Crippen LogP contribution in [0.15, 0.2) is 194 Å². The first kappa shape index (κ1) is 26.4. The van der Waals surface area contributed by atoms with Gasteiger partial charge in [0.1, 0.15) is 0 Å². The first-order chi connectivity index (χ1) is 21.8. The lowest BCUT2D eigenvalue weighted by Gasteiger charge is -2.37. The molecule has 0 N–H and O–H groups in total. The van der Waals surface area contributed by atoms with E-state index in [9.17, 15) is 0 Å². The van der Waals surface area contributed by atoms with Crippen molar-refractivity contribution >= 4 is 28.8 Å². The SMILES string of the molecule is c1ccc(C2(c3ccccc3)c3ccccc3-c3ccc([Si](c4ccccc4)(c4ccccc4)c4ccccc4)cc32)cc1. The van der Waals surface area contributed by atoms with E-state index in [1.807, 2.05) is 0 Å². The van der Waals surface area contributed by atoms with Gasteiger partial charge in [-0.15, -0.1) is 0 Å². The van der Waals surface area contributed by atoms with Gasteiger partial charge >= 0.3 is 0 Å². The molecule has 1 aliphatic carbocycles. The highest BCUT2D eigenvalue weighted by molar-refractivity contribution is 7.19. The molecule has 0 aromatic heterocycles. The second-order valence-electron chi connectivity index (χ2n) is 11.6. The van der Waals surface area contributed by atoms with Gasteiger partial charge < -0.3 is 0 Å². The molecule has 0 amide bonds. The molecule has 0 spiro atoms. The fourth-order valence-electron chi connectivity index (χ4n) is 7.74. The van der Waals surface area contributed by atoms with Crippen molar-refractivity contribution in [3.05, 3.63) is 216 Å². The molecule has 7 aromatic rings. The van der Waals surface area contributed by atoms with Crippen LogP contribution in [0.5, 0.6) is 0 Å². The van der Waals surface area contributed by atoms with Crippen LogP contribution in [-0.4, -0.2) is 8.07 Å². The van der Waals surface area contributed by atoms with Crippen LogP contribution >= 0.6 is 0 Å². The average molecular weight is 577 g/mol. The second-order valence-corrected chi connectivity index (χ2v) is 15.4. The van der Waals surface area contributed by atoms with Crippen LogP contribution in [0, 0.1) is 0 Å². The normalized spacial score (nSPS) is 13.2. The summed E-state index contributed by atoms with van der Waals surface area (Å²) in [4.78, 5) is 0. The molecule has 0 unspecified atom stereocenters. The first-order valence-electron chi connectivity index (χ1n) is 15.4. The van der Waals surface area contributed by atoms with Crippen LogP contribution in [0.3, 0.4) is 0 Å². The van der Waals surface area contributed by atoms with Crippen molar-refractivity contribution in [2.45, 2.75) is 5.41 Å². The summed E-state index contributed by atoms with van der Waals surface area (Å²) in [5, 5.41) is 5.55. The van der Waals surface area contributed by atoms with E-state index >= 15 is 0 Å². The second kappa shape index (κ2) is 10.8. The predicted octanol–water partition coefficient (Wildman–Crippen LogP) is 7.43. The molecule has 1 aliphatic rings. The minimum Gasteiger partial charge on any atom is -0.0623 e. The molecule has 208 valence electrons. The summed E-state index contributed by atoms with van der Waals surface area (Å²) in [6.45, 7) is 0. The van der Waals surface area contributed by atoms with Gasteiger partial charge in [0.05, 0.1) is 5.41 Å². The number of hydrogen-bond acceptors (Lipinski definition) is 0. The summed E-state index contributed by atoms with van der Waals surface area (Å²) >= 11 is 0. The zero-order chi connectivity index (χ0) is 29.4. The molecule has 0 nitrogen and oxygen atoms in total. The molecule has 0 heterocycles. The third-order valence-corrected chi connectivity index (χ3v) is 14.3. The maximum absolute atomic E-state index is 2.71. The van der Waals surface area contributed by atoms with Crippen LogP contribution in [-0.2, 0) is 5.41 Å². The van der Waals surface area contributed by atoms with Gasteiger partial charge in [0.2, 0.25) is 0 Å². The van der Waals surface area contributed by atoms with Crippen LogP contribution in [0.4, 0.5) is 0 Å². The van der Waals surface area contributed by atoms with Crippen molar-refractivity contribution in [2.24, 2.45) is 0 Å². The Hall–Kier alpha value is -5.24. The van der Waals surface area contributed by atoms with Crippen molar-refractivity contribution in [1.29, 1.82) is 0 Å². The van der Waals surface area contributed by atoms with E-state index in [1.54, 1.807) is 0 Å². The molecular formula is C43H32Si. The van der Waals surface area contributed by atoms with E-state index in [0.717, 1.165) is 0 Å². The largest absolute Gasteiger partial charge is 0.179 e. The lowest BCUT2D eigenvalue weighted by Crippen LogP contribution is -2.74. The molecule has 0 atom stereocenters. The van der Waals surface area contributed by atoms with E-state index < -0.39 is 13.5 Å². The van der Waals surface area contributed by atoms with Crippen molar-refractivity contribution in [2.75, 3.05) is 0 Å². The van der Waals surface area contributed by atoms with Gasteiger partial charge in [0.15, 0.2) is 8.07 Å². The van der Waals surface area contributed by atoms with Crippen molar-refractivity contribution in [1.82, 2.24) is 0 Å². The zero-order valence-electron chi connectivity index (χ0n) is 24.5.